The van der Waals surface area contributed by atoms with Crippen LogP contribution in [0.1, 0.15) is 89.5 Å². The molecule has 3 rings (SSSR count). The van der Waals surface area contributed by atoms with Crippen molar-refractivity contribution in [2.45, 2.75) is 97.2 Å². The number of nitrogen functional groups attached to an aromatic ring is 1. The number of imide groups is 1. The number of hydrogen-bond donors (Lipinski definition) is 5. The van der Waals surface area contributed by atoms with E-state index < -0.39 is 30.0 Å². The minimum Gasteiger partial charge on any atom is -0.396 e. The number of carbonyl (C=O) groups is 3. The number of aliphatic hydroxyl groups is 1. The molecule has 2 aromatic heterocycles. The fourth-order valence-corrected chi connectivity index (χ4v) is 6.07. The van der Waals surface area contributed by atoms with Crippen molar-refractivity contribution >= 4 is 29.2 Å². The molecule has 5 atom stereocenters. The van der Waals surface area contributed by atoms with E-state index in [0.717, 1.165) is 25.7 Å². The topological polar surface area (TPSA) is 177 Å². The predicted molar refractivity (Wildman–Crippen MR) is 186 cm³/mol. The highest BCUT2D eigenvalue weighted by Gasteiger charge is 2.37. The zero-order chi connectivity index (χ0) is 34.3. The van der Waals surface area contributed by atoms with Crippen LogP contribution >= 0.6 is 0 Å². The predicted octanol–water partition coefficient (Wildman–Crippen LogP) is 4.55. The molecule has 3 amide bonds. The summed E-state index contributed by atoms with van der Waals surface area (Å²) < 4.78 is 0. The first kappa shape index (κ1) is 37.6. The van der Waals surface area contributed by atoms with Gasteiger partial charge in [-0.05, 0) is 54.9 Å². The molecule has 0 saturated heterocycles. The Morgan fingerprint density at radius 1 is 1.02 bits per heavy atom. The van der Waals surface area contributed by atoms with Crippen LogP contribution in [0.5, 0.6) is 0 Å². The van der Waals surface area contributed by atoms with Gasteiger partial charge in [-0.1, -0.05) is 84.4 Å². The first-order valence-electron chi connectivity index (χ1n) is 17.1. The zero-order valence-corrected chi connectivity index (χ0v) is 28.5. The number of amides is 3. The molecule has 1 aliphatic rings. The second-order valence-electron chi connectivity index (χ2n) is 13.2. The minimum absolute atomic E-state index is 0.0302. The fourth-order valence-electron chi connectivity index (χ4n) is 6.07. The average Bonchev–Trinajstić information content (AvgIpc) is 3.08. The van der Waals surface area contributed by atoms with E-state index >= 15 is 0 Å². The lowest BCUT2D eigenvalue weighted by Gasteiger charge is -2.34. The standard InChI is InChI=1S/C36H55N7O4/c1-5-25(4)32(38)36(47)43(21-12-11-19-40-33-28(37)16-13-20-41-33)35(46)27(24(2)3)23-31(44)30(22-26-14-7-6-8-15-26)42-34(45)29-17-9-10-18-39-29/h9-13,16-18,20,24-27,30-32,44H,5-8,14-15,19,21-23,37-38H2,1-4H3,(H,40,41)(H,42,45)/b12-11+/t25?,27-,30-,31-,32-/m0/s1. The first-order valence-corrected chi connectivity index (χ1v) is 17.1. The molecule has 1 unspecified atom stereocenters. The molecule has 2 heterocycles. The molecular formula is C36H55N7O4. The van der Waals surface area contributed by atoms with Crippen molar-refractivity contribution in [3.8, 4) is 0 Å². The van der Waals surface area contributed by atoms with Gasteiger partial charge in [0.2, 0.25) is 11.8 Å². The summed E-state index contributed by atoms with van der Waals surface area (Å²) in [5.74, 6) is -1.27. The lowest BCUT2D eigenvalue weighted by atomic mass is 9.81. The molecule has 1 fully saturated rings. The summed E-state index contributed by atoms with van der Waals surface area (Å²) in [7, 11) is 0. The molecular weight excluding hydrogens is 594 g/mol. The van der Waals surface area contributed by atoms with Gasteiger partial charge in [0.15, 0.2) is 0 Å². The van der Waals surface area contributed by atoms with Gasteiger partial charge in [0.05, 0.1) is 23.9 Å². The number of pyridine rings is 2. The lowest BCUT2D eigenvalue weighted by Crippen LogP contribution is -2.53. The zero-order valence-electron chi connectivity index (χ0n) is 28.5. The van der Waals surface area contributed by atoms with Gasteiger partial charge in [-0.25, -0.2) is 4.98 Å². The first-order chi connectivity index (χ1) is 22.5. The van der Waals surface area contributed by atoms with E-state index in [1.165, 1.54) is 11.3 Å². The Bertz CT molecular complexity index is 1300. The quantitative estimate of drug-likeness (QED) is 0.154. The van der Waals surface area contributed by atoms with Gasteiger partial charge in [-0.3, -0.25) is 24.3 Å². The van der Waals surface area contributed by atoms with Crippen molar-refractivity contribution in [1.29, 1.82) is 0 Å². The maximum Gasteiger partial charge on any atom is 0.270 e. The van der Waals surface area contributed by atoms with Gasteiger partial charge in [0.1, 0.15) is 11.5 Å². The molecule has 1 saturated carbocycles. The summed E-state index contributed by atoms with van der Waals surface area (Å²) in [4.78, 5) is 50.7. The molecule has 0 aliphatic heterocycles. The molecule has 1 aliphatic carbocycles. The molecule has 7 N–H and O–H groups in total. The third kappa shape index (κ3) is 11.4. The average molecular weight is 650 g/mol. The van der Waals surface area contributed by atoms with Gasteiger partial charge in [0, 0.05) is 31.4 Å². The largest absolute Gasteiger partial charge is 0.396 e. The summed E-state index contributed by atoms with van der Waals surface area (Å²) in [6, 6.07) is 7.20. The second-order valence-corrected chi connectivity index (χ2v) is 13.2. The third-order valence-corrected chi connectivity index (χ3v) is 9.36. The van der Waals surface area contributed by atoms with Crippen LogP contribution in [0.25, 0.3) is 0 Å². The van der Waals surface area contributed by atoms with Crippen LogP contribution in [0.15, 0.2) is 54.9 Å². The number of aromatic nitrogens is 2. The Kier molecular flexibility index (Phi) is 15.3. The molecule has 47 heavy (non-hydrogen) atoms. The van der Waals surface area contributed by atoms with E-state index in [1.807, 2.05) is 33.8 Å². The molecule has 11 heteroatoms. The maximum atomic E-state index is 14.2. The number of nitrogens with zero attached hydrogens (tertiary/aromatic N) is 3. The number of nitrogens with two attached hydrogens (primary N) is 2. The van der Waals surface area contributed by atoms with Crippen LogP contribution in [0.2, 0.25) is 0 Å². The normalized spacial score (nSPS) is 17.1. The van der Waals surface area contributed by atoms with Crippen molar-refractivity contribution in [3.05, 3.63) is 60.6 Å². The number of nitrogens with one attached hydrogen (secondary N) is 2. The summed E-state index contributed by atoms with van der Waals surface area (Å²) in [6.45, 7) is 8.09. The number of aliphatic hydroxyl groups excluding tert-OH is 1. The van der Waals surface area contributed by atoms with Gasteiger partial charge in [0.25, 0.3) is 5.91 Å². The van der Waals surface area contributed by atoms with Gasteiger partial charge in [-0.2, -0.15) is 0 Å². The summed E-state index contributed by atoms with van der Waals surface area (Å²) in [5.41, 5.74) is 13.1. The van der Waals surface area contributed by atoms with E-state index in [-0.39, 0.29) is 42.3 Å². The van der Waals surface area contributed by atoms with Crippen molar-refractivity contribution < 1.29 is 19.5 Å². The number of rotatable bonds is 17. The number of hydrogen-bond acceptors (Lipinski definition) is 9. The van der Waals surface area contributed by atoms with Gasteiger partial charge < -0.3 is 27.2 Å². The molecule has 0 radical (unpaired) electrons. The maximum absolute atomic E-state index is 14.2. The molecule has 2 aromatic rings. The fraction of sp³-hybridized carbons (Fsp3) is 0.583. The highest BCUT2D eigenvalue weighted by molar-refractivity contribution is 5.99. The van der Waals surface area contributed by atoms with E-state index in [9.17, 15) is 19.5 Å². The molecule has 258 valence electrons. The molecule has 0 bridgehead atoms. The Balaban J connectivity index is 1.80. The molecule has 0 aromatic carbocycles. The highest BCUT2D eigenvalue weighted by Crippen LogP contribution is 2.30. The van der Waals surface area contributed by atoms with Crippen LogP contribution in [0, 0.1) is 23.7 Å². The Labute approximate surface area is 280 Å². The summed E-state index contributed by atoms with van der Waals surface area (Å²) >= 11 is 0. The monoisotopic (exact) mass is 649 g/mol. The Morgan fingerprint density at radius 3 is 2.38 bits per heavy atom. The van der Waals surface area contributed by atoms with Crippen LogP contribution < -0.4 is 22.1 Å². The van der Waals surface area contributed by atoms with Crippen LogP contribution in [-0.4, -0.2) is 69.0 Å². The van der Waals surface area contributed by atoms with Crippen LogP contribution in [-0.2, 0) is 9.59 Å². The number of anilines is 2. The third-order valence-electron chi connectivity index (χ3n) is 9.36. The van der Waals surface area contributed by atoms with Gasteiger partial charge in [-0.15, -0.1) is 0 Å². The van der Waals surface area contributed by atoms with Crippen LogP contribution in [0.3, 0.4) is 0 Å². The van der Waals surface area contributed by atoms with E-state index in [2.05, 4.69) is 20.6 Å². The van der Waals surface area contributed by atoms with Crippen molar-refractivity contribution in [2.24, 2.45) is 29.4 Å². The smallest absolute Gasteiger partial charge is 0.270 e. The minimum atomic E-state index is -1.01. The Morgan fingerprint density at radius 2 is 1.74 bits per heavy atom. The lowest BCUT2D eigenvalue weighted by molar-refractivity contribution is -0.150. The van der Waals surface area contributed by atoms with E-state index in [4.69, 9.17) is 11.5 Å². The SMILES string of the molecule is CCC(C)[C@H](N)C(=O)N(C/C=C/CNc1ncccc1N)C(=O)[C@@H](C[C@H](O)[C@H](CC1CCCCC1)NC(=O)c1ccccn1)C(C)C. The summed E-state index contributed by atoms with van der Waals surface area (Å²) in [6.07, 6.45) is 12.7. The number of carbonyl (C=O) groups excluding carboxylic acids is 3. The molecule has 11 nitrogen and oxygen atoms in total. The second kappa shape index (κ2) is 19.1. The highest BCUT2D eigenvalue weighted by atomic mass is 16.3. The van der Waals surface area contributed by atoms with Crippen molar-refractivity contribution in [1.82, 2.24) is 20.2 Å². The van der Waals surface area contributed by atoms with Gasteiger partial charge >= 0.3 is 0 Å². The van der Waals surface area contributed by atoms with Crippen molar-refractivity contribution in [2.75, 3.05) is 24.1 Å². The molecule has 0 spiro atoms. The van der Waals surface area contributed by atoms with Crippen molar-refractivity contribution in [3.63, 3.8) is 0 Å². The van der Waals surface area contributed by atoms with E-state index in [1.54, 1.807) is 48.8 Å². The summed E-state index contributed by atoms with van der Waals surface area (Å²) in [5, 5.41) is 17.8. The van der Waals surface area contributed by atoms with Crippen LogP contribution in [0.4, 0.5) is 11.5 Å². The van der Waals surface area contributed by atoms with E-state index in [0.29, 0.717) is 36.8 Å². The Hall–Kier alpha value is -3.83.